The lowest BCUT2D eigenvalue weighted by molar-refractivity contribution is 1.65. The fourth-order valence-corrected chi connectivity index (χ4v) is 0.663. The van der Waals surface area contributed by atoms with E-state index < -0.39 is 0 Å². The Kier molecular flexibility index (Phi) is 0.501. The van der Waals surface area contributed by atoms with E-state index in [0.29, 0.717) is 0 Å². The van der Waals surface area contributed by atoms with Crippen molar-refractivity contribution in [3.8, 4) is 0 Å². The molecule has 0 aliphatic heterocycles. The lowest BCUT2D eigenvalue weighted by Crippen LogP contribution is -1.56. The van der Waals surface area contributed by atoms with Gasteiger partial charge in [0, 0.05) is 10.2 Å². The summed E-state index contributed by atoms with van der Waals surface area (Å²) >= 11 is 0. The minimum atomic E-state index is 1.31. The first-order chi connectivity index (χ1) is 2.43. The first kappa shape index (κ1) is 2.95. The van der Waals surface area contributed by atoms with Crippen LogP contribution >= 0.6 is 0 Å². The van der Waals surface area contributed by atoms with Crippen LogP contribution < -0.4 is 0 Å². The van der Waals surface area contributed by atoms with E-state index in [2.05, 4.69) is 5.73 Å². The number of hydrogen-bond donors (Lipinski definition) is 0. The monoisotopic (exact) mass is 82.0 g/mol. The molecule has 0 aromatic carbocycles. The van der Waals surface area contributed by atoms with E-state index in [1.54, 1.807) is 0 Å². The second-order valence-electron chi connectivity index (χ2n) is 1.17. The SMILES string of the molecule is [SiH3]CC1=C=C1. The number of rotatable bonds is 1. The van der Waals surface area contributed by atoms with Crippen LogP contribution in [0.15, 0.2) is 17.4 Å². The van der Waals surface area contributed by atoms with Crippen LogP contribution in [-0.2, 0) is 0 Å². The van der Waals surface area contributed by atoms with E-state index in [-0.39, 0.29) is 0 Å². The van der Waals surface area contributed by atoms with Gasteiger partial charge in [-0.15, -0.1) is 5.73 Å². The van der Waals surface area contributed by atoms with Crippen molar-refractivity contribution in [3.63, 3.8) is 0 Å². The van der Waals surface area contributed by atoms with Gasteiger partial charge < -0.3 is 0 Å². The molecule has 0 radical (unpaired) electrons. The highest BCUT2D eigenvalue weighted by molar-refractivity contribution is 6.10. The second kappa shape index (κ2) is 0.850. The Morgan fingerprint density at radius 2 is 2.60 bits per heavy atom. The highest BCUT2D eigenvalue weighted by Crippen LogP contribution is 2.07. The molecule has 5 heavy (non-hydrogen) atoms. The molecule has 0 amide bonds. The lowest BCUT2D eigenvalue weighted by atomic mass is 10.6. The van der Waals surface area contributed by atoms with Gasteiger partial charge >= 0.3 is 0 Å². The molecule has 0 unspecified atom stereocenters. The van der Waals surface area contributed by atoms with E-state index in [4.69, 9.17) is 0 Å². The van der Waals surface area contributed by atoms with Crippen LogP contribution in [-0.4, -0.2) is 10.2 Å². The third-order valence-electron chi connectivity index (χ3n) is 0.729. The average molecular weight is 82.2 g/mol. The van der Waals surface area contributed by atoms with E-state index in [1.807, 2.05) is 6.08 Å². The Morgan fingerprint density at radius 1 is 2.00 bits per heavy atom. The zero-order valence-corrected chi connectivity index (χ0v) is 5.28. The van der Waals surface area contributed by atoms with Gasteiger partial charge in [-0.3, -0.25) is 0 Å². The summed E-state index contributed by atoms with van der Waals surface area (Å²) in [5.41, 5.74) is 4.45. The summed E-state index contributed by atoms with van der Waals surface area (Å²) < 4.78 is 0. The van der Waals surface area contributed by atoms with E-state index in [9.17, 15) is 0 Å². The van der Waals surface area contributed by atoms with Crippen molar-refractivity contribution < 1.29 is 0 Å². The van der Waals surface area contributed by atoms with Crippen molar-refractivity contribution >= 4 is 10.2 Å². The smallest absolute Gasteiger partial charge is 0.00917 e. The largest absolute Gasteiger partial charge is 0.116 e. The minimum Gasteiger partial charge on any atom is -0.116 e. The molecule has 0 aromatic heterocycles. The summed E-state index contributed by atoms with van der Waals surface area (Å²) in [5.74, 6) is 0. The van der Waals surface area contributed by atoms with Crippen molar-refractivity contribution in [2.24, 2.45) is 0 Å². The molecule has 0 N–H and O–H groups in total. The summed E-state index contributed by atoms with van der Waals surface area (Å²) in [6, 6.07) is 1.31. The molecule has 1 rings (SSSR count). The summed E-state index contributed by atoms with van der Waals surface area (Å²) in [7, 11) is 1.31. The predicted molar refractivity (Wildman–Crippen MR) is 26.3 cm³/mol. The van der Waals surface area contributed by atoms with Gasteiger partial charge in [0.25, 0.3) is 0 Å². The molecule has 0 nitrogen and oxygen atoms in total. The number of hydrogen-bond acceptors (Lipinski definition) is 0. The molecule has 1 aliphatic carbocycles. The topological polar surface area (TPSA) is 0 Å². The molecule has 0 spiro atoms. The highest BCUT2D eigenvalue weighted by Gasteiger charge is 1.90. The summed E-state index contributed by atoms with van der Waals surface area (Å²) in [6.45, 7) is 0. The molecule has 0 aromatic rings. The van der Waals surface area contributed by atoms with Crippen molar-refractivity contribution in [2.45, 2.75) is 6.04 Å². The molecule has 0 heterocycles. The minimum absolute atomic E-state index is 1.31. The third-order valence-corrected chi connectivity index (χ3v) is 1.49. The zero-order valence-electron chi connectivity index (χ0n) is 3.28. The van der Waals surface area contributed by atoms with Gasteiger partial charge in [0.05, 0.1) is 0 Å². The van der Waals surface area contributed by atoms with Crippen LogP contribution in [0.3, 0.4) is 0 Å². The van der Waals surface area contributed by atoms with E-state index in [0.717, 1.165) is 0 Å². The molecule has 0 atom stereocenters. The van der Waals surface area contributed by atoms with Crippen LogP contribution in [0, 0.1) is 0 Å². The van der Waals surface area contributed by atoms with Crippen LogP contribution in [0.1, 0.15) is 0 Å². The normalized spacial score (nSPS) is 15.6. The maximum absolute atomic E-state index is 3.01. The Hall–Kier alpha value is -0.263. The quantitative estimate of drug-likeness (QED) is 0.305. The van der Waals surface area contributed by atoms with Crippen LogP contribution in [0.4, 0.5) is 0 Å². The van der Waals surface area contributed by atoms with Gasteiger partial charge in [-0.1, -0.05) is 0 Å². The van der Waals surface area contributed by atoms with Crippen molar-refractivity contribution in [1.29, 1.82) is 0 Å². The fraction of sp³-hybridized carbons (Fsp3) is 0.250. The Morgan fingerprint density at radius 3 is 2.60 bits per heavy atom. The first-order valence-electron chi connectivity index (χ1n) is 1.89. The van der Waals surface area contributed by atoms with Crippen molar-refractivity contribution in [2.75, 3.05) is 0 Å². The van der Waals surface area contributed by atoms with Crippen LogP contribution in [0.25, 0.3) is 0 Å². The molecule has 1 heteroatoms. The van der Waals surface area contributed by atoms with Crippen molar-refractivity contribution in [3.05, 3.63) is 17.4 Å². The molecular weight excluding hydrogens is 76.1 g/mol. The Bertz CT molecular complexity index is 96.2. The highest BCUT2D eigenvalue weighted by atomic mass is 28.1. The van der Waals surface area contributed by atoms with Gasteiger partial charge in [-0.05, 0) is 17.7 Å². The molecule has 0 saturated carbocycles. The summed E-state index contributed by atoms with van der Waals surface area (Å²) in [5, 5.41) is 0. The molecule has 0 bridgehead atoms. The maximum atomic E-state index is 3.01. The van der Waals surface area contributed by atoms with E-state index in [1.165, 1.54) is 21.9 Å². The predicted octanol–water partition coefficient (Wildman–Crippen LogP) is -0.135. The second-order valence-corrected chi connectivity index (χ2v) is 1.87. The first-order valence-corrected chi connectivity index (χ1v) is 3.30. The molecule has 0 fully saturated rings. The molecular formula is C4H6Si. The molecule has 26 valence electrons. The van der Waals surface area contributed by atoms with Gasteiger partial charge in [-0.2, -0.15) is 0 Å². The summed E-state index contributed by atoms with van der Waals surface area (Å²) in [4.78, 5) is 0. The van der Waals surface area contributed by atoms with Gasteiger partial charge in [0.15, 0.2) is 0 Å². The average Bonchev–Trinajstić information content (AvgIpc) is 2.12. The Balaban J connectivity index is 2.30. The number of allylic oxidation sites excluding steroid dienone is 1. The van der Waals surface area contributed by atoms with Crippen LogP contribution in [0.5, 0.6) is 0 Å². The van der Waals surface area contributed by atoms with Crippen molar-refractivity contribution in [1.82, 2.24) is 0 Å². The fourth-order valence-electron chi connectivity index (χ4n) is 0.255. The molecule has 0 saturated heterocycles. The standard InChI is InChI=1S/C4H6Si/c5-3-4-1-2-4/h1H,3H2,5H3. The van der Waals surface area contributed by atoms with Gasteiger partial charge in [-0.25, -0.2) is 0 Å². The molecule has 1 aliphatic rings. The third kappa shape index (κ3) is 0.502. The maximum Gasteiger partial charge on any atom is 0.00917 e. The lowest BCUT2D eigenvalue weighted by Gasteiger charge is -1.65. The zero-order chi connectivity index (χ0) is 3.70. The van der Waals surface area contributed by atoms with Crippen LogP contribution in [0.2, 0.25) is 6.04 Å². The Labute approximate surface area is 34.6 Å². The van der Waals surface area contributed by atoms with Gasteiger partial charge in [0.2, 0.25) is 0 Å². The summed E-state index contributed by atoms with van der Waals surface area (Å²) in [6.07, 6.45) is 2.05. The van der Waals surface area contributed by atoms with E-state index >= 15 is 0 Å². The van der Waals surface area contributed by atoms with Gasteiger partial charge in [0.1, 0.15) is 0 Å².